The molecule has 1 unspecified atom stereocenters. The van der Waals surface area contributed by atoms with Crippen molar-refractivity contribution in [1.29, 1.82) is 0 Å². The Kier molecular flexibility index (Phi) is 3.51. The number of aliphatic carboxylic acids is 1. The van der Waals surface area contributed by atoms with E-state index in [9.17, 15) is 14.7 Å². The van der Waals surface area contributed by atoms with Crippen molar-refractivity contribution in [3.05, 3.63) is 0 Å². The number of rotatable bonds is 4. The minimum atomic E-state index is -0.882. The van der Waals surface area contributed by atoms with Gasteiger partial charge in [0.05, 0.1) is 0 Å². The van der Waals surface area contributed by atoms with E-state index in [4.69, 9.17) is 0 Å². The van der Waals surface area contributed by atoms with E-state index < -0.39 is 12.0 Å². The molecule has 0 aliphatic heterocycles. The zero-order chi connectivity index (χ0) is 14.4. The SMILES string of the molecule is CCC(C(=O)O)N(C)C(=O)C1C2CC3CC(C2)CC1C3. The van der Waals surface area contributed by atoms with E-state index in [2.05, 4.69) is 0 Å². The van der Waals surface area contributed by atoms with Gasteiger partial charge in [0.25, 0.3) is 0 Å². The van der Waals surface area contributed by atoms with Gasteiger partial charge < -0.3 is 10.0 Å². The van der Waals surface area contributed by atoms with Crippen LogP contribution in [0.3, 0.4) is 0 Å². The molecule has 4 heteroatoms. The summed E-state index contributed by atoms with van der Waals surface area (Å²) in [7, 11) is 1.68. The molecule has 0 aromatic rings. The fourth-order valence-corrected chi connectivity index (χ4v) is 5.33. The molecule has 1 N–H and O–H groups in total. The van der Waals surface area contributed by atoms with Gasteiger partial charge in [0.2, 0.25) is 5.91 Å². The molecular formula is C16H25NO3. The second-order valence-electron chi connectivity index (χ2n) is 7.17. The van der Waals surface area contributed by atoms with Crippen LogP contribution in [0.1, 0.15) is 45.4 Å². The van der Waals surface area contributed by atoms with E-state index in [0.717, 1.165) is 11.8 Å². The van der Waals surface area contributed by atoms with Crippen molar-refractivity contribution in [1.82, 2.24) is 4.90 Å². The van der Waals surface area contributed by atoms with E-state index in [1.165, 1.54) is 37.0 Å². The predicted octanol–water partition coefficient (Wildman–Crippen LogP) is 2.38. The number of hydrogen-bond acceptors (Lipinski definition) is 2. The molecule has 20 heavy (non-hydrogen) atoms. The molecule has 112 valence electrons. The summed E-state index contributed by atoms with van der Waals surface area (Å²) in [4.78, 5) is 25.6. The Morgan fingerprint density at radius 2 is 1.60 bits per heavy atom. The minimum Gasteiger partial charge on any atom is -0.480 e. The van der Waals surface area contributed by atoms with Gasteiger partial charge in [-0.3, -0.25) is 4.79 Å². The molecule has 0 heterocycles. The summed E-state index contributed by atoms with van der Waals surface area (Å²) in [5.74, 6) is 2.03. The molecule has 0 radical (unpaired) electrons. The van der Waals surface area contributed by atoms with Gasteiger partial charge in [0, 0.05) is 13.0 Å². The van der Waals surface area contributed by atoms with Crippen LogP contribution in [0.2, 0.25) is 0 Å². The maximum atomic E-state index is 12.8. The van der Waals surface area contributed by atoms with Crippen LogP contribution in [0.5, 0.6) is 0 Å². The molecule has 4 nitrogen and oxygen atoms in total. The first-order chi connectivity index (χ1) is 9.51. The molecule has 4 saturated carbocycles. The van der Waals surface area contributed by atoms with E-state index in [-0.39, 0.29) is 11.8 Å². The predicted molar refractivity (Wildman–Crippen MR) is 75.0 cm³/mol. The summed E-state index contributed by atoms with van der Waals surface area (Å²) in [6.45, 7) is 1.83. The maximum Gasteiger partial charge on any atom is 0.326 e. The Morgan fingerprint density at radius 1 is 1.10 bits per heavy atom. The molecule has 4 fully saturated rings. The van der Waals surface area contributed by atoms with Crippen molar-refractivity contribution in [2.45, 2.75) is 51.5 Å². The minimum absolute atomic E-state index is 0.0908. The summed E-state index contributed by atoms with van der Waals surface area (Å²) in [6, 6.07) is -0.667. The van der Waals surface area contributed by atoms with Crippen molar-refractivity contribution in [2.24, 2.45) is 29.6 Å². The third-order valence-corrected chi connectivity index (χ3v) is 6.00. The first-order valence-electron chi connectivity index (χ1n) is 8.00. The zero-order valence-corrected chi connectivity index (χ0v) is 12.4. The second kappa shape index (κ2) is 5.05. The molecule has 4 bridgehead atoms. The van der Waals surface area contributed by atoms with Crippen LogP contribution in [0.25, 0.3) is 0 Å². The lowest BCUT2D eigenvalue weighted by Gasteiger charge is -2.54. The Bertz CT molecular complexity index is 392. The zero-order valence-electron chi connectivity index (χ0n) is 12.4. The summed E-state index contributed by atoms with van der Waals surface area (Å²) in [5, 5.41) is 9.25. The second-order valence-corrected chi connectivity index (χ2v) is 7.17. The van der Waals surface area contributed by atoms with Crippen molar-refractivity contribution in [3.63, 3.8) is 0 Å². The van der Waals surface area contributed by atoms with E-state index >= 15 is 0 Å². The third-order valence-electron chi connectivity index (χ3n) is 6.00. The fourth-order valence-electron chi connectivity index (χ4n) is 5.33. The summed E-state index contributed by atoms with van der Waals surface area (Å²) >= 11 is 0. The molecule has 4 aliphatic carbocycles. The number of amides is 1. The number of hydrogen-bond donors (Lipinski definition) is 1. The highest BCUT2D eigenvalue weighted by Gasteiger charge is 2.51. The van der Waals surface area contributed by atoms with Crippen molar-refractivity contribution in [2.75, 3.05) is 7.05 Å². The molecular weight excluding hydrogens is 254 g/mol. The normalized spacial score (nSPS) is 39.6. The molecule has 0 aromatic heterocycles. The van der Waals surface area contributed by atoms with Gasteiger partial charge in [-0.1, -0.05) is 6.92 Å². The maximum absolute atomic E-state index is 12.8. The molecule has 4 aliphatic rings. The van der Waals surface area contributed by atoms with Crippen LogP contribution in [-0.2, 0) is 9.59 Å². The van der Waals surface area contributed by atoms with Gasteiger partial charge in [-0.05, 0) is 62.2 Å². The van der Waals surface area contributed by atoms with Gasteiger partial charge >= 0.3 is 5.97 Å². The van der Waals surface area contributed by atoms with Gasteiger partial charge in [0.1, 0.15) is 6.04 Å². The van der Waals surface area contributed by atoms with E-state index in [1.54, 1.807) is 7.05 Å². The monoisotopic (exact) mass is 279 g/mol. The number of carbonyl (C=O) groups excluding carboxylic acids is 1. The molecule has 0 spiro atoms. The number of carboxylic acid groups (broad SMARTS) is 1. The van der Waals surface area contributed by atoms with Gasteiger partial charge in [-0.2, -0.15) is 0 Å². The summed E-state index contributed by atoms with van der Waals surface area (Å²) in [6.07, 6.45) is 6.63. The fraction of sp³-hybridized carbons (Fsp3) is 0.875. The lowest BCUT2D eigenvalue weighted by atomic mass is 9.51. The average molecular weight is 279 g/mol. The van der Waals surface area contributed by atoms with Crippen LogP contribution in [0.15, 0.2) is 0 Å². The highest BCUT2D eigenvalue weighted by molar-refractivity contribution is 5.85. The van der Waals surface area contributed by atoms with Crippen LogP contribution >= 0.6 is 0 Å². The topological polar surface area (TPSA) is 57.6 Å². The van der Waals surface area contributed by atoms with Gasteiger partial charge in [-0.25, -0.2) is 4.79 Å². The number of nitrogens with zero attached hydrogens (tertiary/aromatic N) is 1. The molecule has 0 aromatic carbocycles. The van der Waals surface area contributed by atoms with Crippen LogP contribution in [0, 0.1) is 29.6 Å². The van der Waals surface area contributed by atoms with Crippen molar-refractivity contribution >= 4 is 11.9 Å². The standard InChI is InChI=1S/C16H25NO3/c1-3-13(16(19)20)17(2)15(18)14-11-5-9-4-10(7-11)8-12(14)6-9/h9-14H,3-8H2,1-2H3,(H,19,20). The Labute approximate surface area is 120 Å². The molecule has 0 saturated heterocycles. The van der Waals surface area contributed by atoms with E-state index in [1.807, 2.05) is 6.92 Å². The highest BCUT2D eigenvalue weighted by atomic mass is 16.4. The smallest absolute Gasteiger partial charge is 0.326 e. The molecule has 4 rings (SSSR count). The number of likely N-dealkylation sites (N-methyl/N-ethyl adjacent to an activating group) is 1. The van der Waals surface area contributed by atoms with Gasteiger partial charge in [0.15, 0.2) is 0 Å². The Balaban J connectivity index is 1.75. The van der Waals surface area contributed by atoms with Crippen LogP contribution in [-0.4, -0.2) is 35.0 Å². The molecule has 1 amide bonds. The molecule has 1 atom stereocenters. The lowest BCUT2D eigenvalue weighted by molar-refractivity contribution is -0.158. The summed E-state index contributed by atoms with van der Waals surface area (Å²) < 4.78 is 0. The lowest BCUT2D eigenvalue weighted by Crippen LogP contribution is -2.54. The van der Waals surface area contributed by atoms with Crippen LogP contribution in [0.4, 0.5) is 0 Å². The largest absolute Gasteiger partial charge is 0.480 e. The number of carboxylic acids is 1. The van der Waals surface area contributed by atoms with Crippen LogP contribution < -0.4 is 0 Å². The summed E-state index contributed by atoms with van der Waals surface area (Å²) in [5.41, 5.74) is 0. The highest BCUT2D eigenvalue weighted by Crippen LogP contribution is 2.56. The average Bonchev–Trinajstić information content (AvgIpc) is 2.37. The first-order valence-corrected chi connectivity index (χ1v) is 8.00. The quantitative estimate of drug-likeness (QED) is 0.859. The van der Waals surface area contributed by atoms with Crippen molar-refractivity contribution < 1.29 is 14.7 Å². The van der Waals surface area contributed by atoms with Crippen molar-refractivity contribution in [3.8, 4) is 0 Å². The Morgan fingerprint density at radius 3 is 2.00 bits per heavy atom. The third kappa shape index (κ3) is 2.13. The van der Waals surface area contributed by atoms with E-state index in [0.29, 0.717) is 18.3 Å². The number of carbonyl (C=O) groups is 2. The Hall–Kier alpha value is -1.06. The first kappa shape index (κ1) is 13.9. The van der Waals surface area contributed by atoms with Gasteiger partial charge in [-0.15, -0.1) is 0 Å².